The minimum atomic E-state index is 0.875. The largest absolute Gasteiger partial charge is 0.188 e. The van der Waals surface area contributed by atoms with E-state index in [1.54, 1.807) is 6.20 Å². The molecule has 4 heteroatoms. The smallest absolute Gasteiger partial charge is 0.121 e. The van der Waals surface area contributed by atoms with Crippen molar-refractivity contribution in [3.8, 4) is 0 Å². The molecule has 0 amide bonds. The molecule has 6 heavy (non-hydrogen) atoms. The zero-order valence-electron chi connectivity index (χ0n) is 2.75. The van der Waals surface area contributed by atoms with E-state index >= 15 is 0 Å². The van der Waals surface area contributed by atoms with Gasteiger partial charge in [-0.15, -0.1) is 0 Å². The number of hydrogen-bond acceptors (Lipinski definition) is 4. The maximum atomic E-state index is 4.71. The van der Waals surface area contributed by atoms with Gasteiger partial charge < -0.3 is 0 Å². The Morgan fingerprint density at radius 3 is 2.83 bits per heavy atom. The molecule has 0 bridgehead atoms. The van der Waals surface area contributed by atoms with Crippen molar-refractivity contribution in [1.29, 1.82) is 0 Å². The van der Waals surface area contributed by atoms with Crippen molar-refractivity contribution < 1.29 is 0 Å². The average molecular weight is 135 g/mol. The van der Waals surface area contributed by atoms with E-state index in [9.17, 15) is 0 Å². The van der Waals surface area contributed by atoms with Gasteiger partial charge in [-0.3, -0.25) is 0 Å². The molecule has 1 heterocycles. The Labute approximate surface area is 47.8 Å². The molecule has 1 aromatic heterocycles. The molecule has 32 valence electrons. The summed E-state index contributed by atoms with van der Waals surface area (Å²) in [4.78, 5) is 0. The molecule has 0 aliphatic heterocycles. The van der Waals surface area contributed by atoms with Crippen LogP contribution in [0.25, 0.3) is 0 Å². The third-order valence-electron chi connectivity index (χ3n) is 0.321. The molecule has 1 rings (SSSR count). The third kappa shape index (κ3) is 0.830. The lowest BCUT2D eigenvalue weighted by molar-refractivity contribution is 1.58. The predicted molar refractivity (Wildman–Crippen MR) is 30.8 cm³/mol. The highest BCUT2D eigenvalue weighted by Gasteiger charge is 1.72. The summed E-state index contributed by atoms with van der Waals surface area (Å²) in [5.41, 5.74) is 0. The van der Waals surface area contributed by atoms with E-state index in [0.29, 0.717) is 0 Å². The molecule has 0 aromatic carbocycles. The van der Waals surface area contributed by atoms with E-state index in [0.717, 1.165) is 3.82 Å². The topological polar surface area (TPSA) is 12.9 Å². The van der Waals surface area contributed by atoms with Crippen LogP contribution in [0.1, 0.15) is 0 Å². The molecule has 0 spiro atoms. The Balaban J connectivity index is 3.41. The molecule has 0 aliphatic carbocycles. The first-order valence-corrected chi connectivity index (χ1v) is 3.82. The summed E-state index contributed by atoms with van der Waals surface area (Å²) >= 11 is 4.71. The molecule has 0 unspecified atom stereocenters. The second kappa shape index (κ2) is 1.77. The standard InChI is InChI=1S/C2HNS3/c4-2-1-3-6-5-2/h1H. The molecular weight excluding hydrogens is 134 g/mol. The summed E-state index contributed by atoms with van der Waals surface area (Å²) < 4.78 is 4.65. The number of nitrogens with zero attached hydrogens (tertiary/aromatic N) is 1. The van der Waals surface area contributed by atoms with Crippen molar-refractivity contribution in [1.82, 2.24) is 4.37 Å². The molecule has 1 nitrogen and oxygen atoms in total. The van der Waals surface area contributed by atoms with E-state index in [4.69, 9.17) is 12.2 Å². The van der Waals surface area contributed by atoms with Crippen LogP contribution in [0.5, 0.6) is 0 Å². The zero-order chi connectivity index (χ0) is 4.41. The maximum Gasteiger partial charge on any atom is 0.121 e. The third-order valence-corrected chi connectivity index (χ3v) is 2.55. The number of hydrogen-bond donors (Lipinski definition) is 0. The van der Waals surface area contributed by atoms with Gasteiger partial charge in [0.1, 0.15) is 3.82 Å². The monoisotopic (exact) mass is 135 g/mol. The van der Waals surface area contributed by atoms with Gasteiger partial charge in [-0.1, -0.05) is 12.2 Å². The highest BCUT2D eigenvalue weighted by atomic mass is 32.9. The van der Waals surface area contributed by atoms with E-state index in [2.05, 4.69) is 4.37 Å². The lowest BCUT2D eigenvalue weighted by atomic mass is 11.0. The second-order valence-corrected chi connectivity index (χ2v) is 3.32. The van der Waals surface area contributed by atoms with Gasteiger partial charge in [0.25, 0.3) is 0 Å². The minimum Gasteiger partial charge on any atom is -0.188 e. The fraction of sp³-hybridized carbons (Fsp3) is 0. The Morgan fingerprint density at radius 1 is 1.83 bits per heavy atom. The molecule has 0 saturated heterocycles. The average Bonchev–Trinajstić information content (AvgIpc) is 1.86. The Kier molecular flexibility index (Phi) is 1.29. The Morgan fingerprint density at radius 2 is 2.67 bits per heavy atom. The van der Waals surface area contributed by atoms with Gasteiger partial charge >= 0.3 is 0 Å². The Hall–Kier alpha value is 0.200. The minimum absolute atomic E-state index is 0.875. The van der Waals surface area contributed by atoms with E-state index in [1.165, 1.54) is 20.9 Å². The fourth-order valence-corrected chi connectivity index (χ4v) is 1.57. The Bertz CT molecular complexity index is 147. The van der Waals surface area contributed by atoms with Gasteiger partial charge in [0.2, 0.25) is 0 Å². The van der Waals surface area contributed by atoms with Crippen LogP contribution in [0.2, 0.25) is 0 Å². The molecule has 1 aromatic rings. The first kappa shape index (κ1) is 4.36. The highest BCUT2D eigenvalue weighted by Crippen LogP contribution is 2.02. The molecule has 0 saturated carbocycles. The number of aromatic nitrogens is 1. The first-order valence-electron chi connectivity index (χ1n) is 1.30. The zero-order valence-corrected chi connectivity index (χ0v) is 5.20. The van der Waals surface area contributed by atoms with Crippen LogP contribution >= 0.6 is 33.1 Å². The van der Waals surface area contributed by atoms with Crippen molar-refractivity contribution in [2.24, 2.45) is 0 Å². The molecule has 0 aliphatic rings. The lowest BCUT2D eigenvalue weighted by Gasteiger charge is -1.43. The van der Waals surface area contributed by atoms with Crippen LogP contribution in [-0.4, -0.2) is 4.37 Å². The van der Waals surface area contributed by atoms with Crippen molar-refractivity contribution in [2.75, 3.05) is 0 Å². The van der Waals surface area contributed by atoms with Gasteiger partial charge in [-0.2, -0.15) is 4.37 Å². The molecule has 0 fully saturated rings. The summed E-state index contributed by atoms with van der Waals surface area (Å²) in [5, 5.41) is 0. The van der Waals surface area contributed by atoms with Gasteiger partial charge in [0.15, 0.2) is 0 Å². The fourth-order valence-electron chi connectivity index (χ4n) is 0.144. The molecule has 0 atom stereocenters. The van der Waals surface area contributed by atoms with Crippen molar-refractivity contribution in [2.45, 2.75) is 0 Å². The first-order chi connectivity index (χ1) is 2.89. The van der Waals surface area contributed by atoms with Gasteiger partial charge in [0, 0.05) is 10.5 Å². The van der Waals surface area contributed by atoms with Crippen molar-refractivity contribution in [3.63, 3.8) is 0 Å². The SMILES string of the molecule is S=c1cnss1. The quantitative estimate of drug-likeness (QED) is 0.398. The summed E-state index contributed by atoms with van der Waals surface area (Å²) in [6.07, 6.45) is 1.69. The normalized spacial score (nSPS) is 8.67. The predicted octanol–water partition coefficient (Wildman–Crippen LogP) is 1.93. The van der Waals surface area contributed by atoms with E-state index in [1.807, 2.05) is 0 Å². The van der Waals surface area contributed by atoms with Crippen LogP contribution in [0.3, 0.4) is 0 Å². The summed E-state index contributed by atoms with van der Waals surface area (Å²) in [5.74, 6) is 0. The summed E-state index contributed by atoms with van der Waals surface area (Å²) in [6, 6.07) is 0. The van der Waals surface area contributed by atoms with Crippen LogP contribution in [0, 0.1) is 3.82 Å². The van der Waals surface area contributed by atoms with Gasteiger partial charge in [-0.25, -0.2) is 0 Å². The highest BCUT2D eigenvalue weighted by molar-refractivity contribution is 7.78. The maximum absolute atomic E-state index is 4.71. The molecular formula is C2HNS3. The van der Waals surface area contributed by atoms with Gasteiger partial charge in [-0.05, 0) is 10.3 Å². The van der Waals surface area contributed by atoms with Crippen LogP contribution < -0.4 is 0 Å². The van der Waals surface area contributed by atoms with Crippen molar-refractivity contribution >= 4 is 33.1 Å². The molecule has 0 radical (unpaired) electrons. The second-order valence-electron chi connectivity index (χ2n) is 0.711. The van der Waals surface area contributed by atoms with Gasteiger partial charge in [0.05, 0.1) is 6.20 Å². The summed E-state index contributed by atoms with van der Waals surface area (Å²) in [7, 11) is 2.95. The lowest BCUT2D eigenvalue weighted by Crippen LogP contribution is -1.37. The molecule has 0 N–H and O–H groups in total. The number of rotatable bonds is 0. The van der Waals surface area contributed by atoms with Crippen LogP contribution in [0.15, 0.2) is 6.20 Å². The van der Waals surface area contributed by atoms with E-state index < -0.39 is 0 Å². The van der Waals surface area contributed by atoms with Crippen LogP contribution in [-0.2, 0) is 0 Å². The van der Waals surface area contributed by atoms with Crippen molar-refractivity contribution in [3.05, 3.63) is 10.0 Å². The summed E-state index contributed by atoms with van der Waals surface area (Å²) in [6.45, 7) is 0. The van der Waals surface area contributed by atoms with E-state index in [-0.39, 0.29) is 0 Å². The van der Waals surface area contributed by atoms with Crippen LogP contribution in [0.4, 0.5) is 0 Å².